The molecule has 1 aliphatic carbocycles. The van der Waals surface area contributed by atoms with Crippen LogP contribution < -0.4 is 0 Å². The van der Waals surface area contributed by atoms with Crippen molar-refractivity contribution in [2.24, 2.45) is 10.2 Å². The van der Waals surface area contributed by atoms with Gasteiger partial charge in [-0.2, -0.15) is 0 Å². The van der Waals surface area contributed by atoms with E-state index in [2.05, 4.69) is 10.2 Å². The Kier molecular flexibility index (Phi) is 1.98. The average Bonchev–Trinajstić information content (AvgIpc) is 2.48. The zero-order valence-corrected chi connectivity index (χ0v) is 8.50. The molecular formula is C7H4IN3O2. The molecule has 5 nitrogen and oxygen atoms in total. The molecule has 0 aromatic rings. The second kappa shape index (κ2) is 3.02. The number of nitro groups is 1. The first-order valence-electron chi connectivity index (χ1n) is 3.54. The van der Waals surface area contributed by atoms with E-state index in [1.165, 1.54) is 6.08 Å². The van der Waals surface area contributed by atoms with Crippen LogP contribution in [0, 0.1) is 10.1 Å². The largest absolute Gasteiger partial charge is 0.275 e. The SMILES string of the molecule is O=[N+]([O-])[C@@H]1C=CC=C2C(I)=NN=C21. The summed E-state index contributed by atoms with van der Waals surface area (Å²) in [5.41, 5.74) is 1.21. The molecule has 0 aromatic carbocycles. The van der Waals surface area contributed by atoms with Gasteiger partial charge in [-0.15, -0.1) is 10.2 Å². The fraction of sp³-hybridized carbons (Fsp3) is 0.143. The van der Waals surface area contributed by atoms with Gasteiger partial charge >= 0.3 is 0 Å². The van der Waals surface area contributed by atoms with Gasteiger partial charge in [0.1, 0.15) is 3.72 Å². The van der Waals surface area contributed by atoms with E-state index < -0.39 is 6.04 Å². The van der Waals surface area contributed by atoms with Crippen molar-refractivity contribution in [1.82, 2.24) is 0 Å². The molecule has 0 saturated carbocycles. The monoisotopic (exact) mass is 289 g/mol. The van der Waals surface area contributed by atoms with Gasteiger partial charge in [-0.1, -0.05) is 12.2 Å². The van der Waals surface area contributed by atoms with E-state index in [4.69, 9.17) is 0 Å². The highest BCUT2D eigenvalue weighted by molar-refractivity contribution is 14.1. The lowest BCUT2D eigenvalue weighted by atomic mass is 10.00. The summed E-state index contributed by atoms with van der Waals surface area (Å²) in [6.07, 6.45) is 4.96. The highest BCUT2D eigenvalue weighted by Gasteiger charge is 2.33. The maximum Gasteiger partial charge on any atom is 0.275 e. The van der Waals surface area contributed by atoms with Crippen LogP contribution >= 0.6 is 22.6 Å². The summed E-state index contributed by atoms with van der Waals surface area (Å²) in [5, 5.41) is 18.2. The van der Waals surface area contributed by atoms with E-state index in [1.807, 2.05) is 22.6 Å². The normalized spacial score (nSPS) is 24.7. The van der Waals surface area contributed by atoms with Crippen molar-refractivity contribution in [3.63, 3.8) is 0 Å². The topological polar surface area (TPSA) is 67.9 Å². The summed E-state index contributed by atoms with van der Waals surface area (Å²) in [7, 11) is 0. The Balaban J connectivity index is 2.40. The summed E-state index contributed by atoms with van der Waals surface area (Å²) in [6.45, 7) is 0. The molecule has 0 unspecified atom stereocenters. The van der Waals surface area contributed by atoms with Crippen LogP contribution in [0.15, 0.2) is 34.0 Å². The first-order chi connectivity index (χ1) is 6.20. The van der Waals surface area contributed by atoms with Gasteiger partial charge in [0.2, 0.25) is 0 Å². The molecule has 0 amide bonds. The van der Waals surface area contributed by atoms with Crippen molar-refractivity contribution in [3.8, 4) is 0 Å². The molecule has 2 rings (SSSR count). The molecule has 2 aliphatic rings. The van der Waals surface area contributed by atoms with Gasteiger partial charge in [-0.3, -0.25) is 10.1 Å². The van der Waals surface area contributed by atoms with E-state index in [1.54, 1.807) is 12.2 Å². The molecule has 1 atom stereocenters. The molecular weight excluding hydrogens is 285 g/mol. The predicted molar refractivity (Wildman–Crippen MR) is 56.9 cm³/mol. The molecule has 66 valence electrons. The fourth-order valence-corrected chi connectivity index (χ4v) is 1.77. The molecule has 1 heterocycles. The van der Waals surface area contributed by atoms with Gasteiger partial charge in [0.05, 0.1) is 0 Å². The third kappa shape index (κ3) is 1.30. The van der Waals surface area contributed by atoms with Crippen LogP contribution in [0.25, 0.3) is 0 Å². The van der Waals surface area contributed by atoms with Gasteiger partial charge in [0.25, 0.3) is 6.04 Å². The second-order valence-corrected chi connectivity index (χ2v) is 3.59. The summed E-state index contributed by atoms with van der Waals surface area (Å²) < 4.78 is 0.712. The molecule has 0 aromatic heterocycles. The van der Waals surface area contributed by atoms with Gasteiger partial charge in [-0.25, -0.2) is 0 Å². The minimum Gasteiger partial charge on any atom is -0.263 e. The lowest BCUT2D eigenvalue weighted by molar-refractivity contribution is -0.490. The number of nitrogens with zero attached hydrogens (tertiary/aromatic N) is 3. The summed E-state index contributed by atoms with van der Waals surface area (Å²) in [4.78, 5) is 10.2. The van der Waals surface area contributed by atoms with Crippen molar-refractivity contribution < 1.29 is 4.92 Å². The molecule has 0 bridgehead atoms. The highest BCUT2D eigenvalue weighted by atomic mass is 127. The Morgan fingerprint density at radius 1 is 1.54 bits per heavy atom. The number of fused-ring (bicyclic) bond motifs is 1. The van der Waals surface area contributed by atoms with Crippen LogP contribution in [0.5, 0.6) is 0 Å². The van der Waals surface area contributed by atoms with Crippen LogP contribution in [0.3, 0.4) is 0 Å². The van der Waals surface area contributed by atoms with E-state index in [9.17, 15) is 10.1 Å². The first kappa shape index (κ1) is 8.54. The van der Waals surface area contributed by atoms with Crippen LogP contribution in [0.2, 0.25) is 0 Å². The summed E-state index contributed by atoms with van der Waals surface area (Å²) in [6, 6.07) is -0.837. The van der Waals surface area contributed by atoms with Gasteiger partial charge in [0, 0.05) is 10.5 Å². The minimum absolute atomic E-state index is 0.368. The Labute approximate surface area is 87.2 Å². The molecule has 0 N–H and O–H groups in total. The van der Waals surface area contributed by atoms with Gasteiger partial charge in [0.15, 0.2) is 5.71 Å². The lowest BCUT2D eigenvalue weighted by Crippen LogP contribution is -2.30. The standard InChI is InChI=1S/C7H4IN3O2/c8-7-4-2-1-3-5(11(12)13)6(4)9-10-7/h1-3,5H/t5-/m1/s1. The molecule has 0 radical (unpaired) electrons. The van der Waals surface area contributed by atoms with Gasteiger partial charge < -0.3 is 0 Å². The van der Waals surface area contributed by atoms with Crippen LogP contribution in [0.1, 0.15) is 0 Å². The Hall–Kier alpha value is -1.05. The lowest BCUT2D eigenvalue weighted by Gasteiger charge is -2.08. The van der Waals surface area contributed by atoms with Crippen molar-refractivity contribution in [1.29, 1.82) is 0 Å². The number of hydrogen-bond donors (Lipinski definition) is 0. The maximum absolute atomic E-state index is 10.6. The van der Waals surface area contributed by atoms with Crippen molar-refractivity contribution in [3.05, 3.63) is 33.9 Å². The minimum atomic E-state index is -0.837. The smallest absolute Gasteiger partial charge is 0.263 e. The zero-order chi connectivity index (χ0) is 9.42. The highest BCUT2D eigenvalue weighted by Crippen LogP contribution is 2.22. The van der Waals surface area contributed by atoms with E-state index >= 15 is 0 Å². The number of allylic oxidation sites excluding steroid dienone is 2. The first-order valence-corrected chi connectivity index (χ1v) is 4.62. The third-order valence-corrected chi connectivity index (χ3v) is 2.60. The fourth-order valence-electron chi connectivity index (χ4n) is 1.20. The Morgan fingerprint density at radius 3 is 3.00 bits per heavy atom. The third-order valence-electron chi connectivity index (χ3n) is 1.81. The van der Waals surface area contributed by atoms with Crippen molar-refractivity contribution in [2.45, 2.75) is 6.04 Å². The maximum atomic E-state index is 10.6. The number of halogens is 1. The van der Waals surface area contributed by atoms with Crippen LogP contribution in [-0.4, -0.2) is 20.4 Å². The predicted octanol–water partition coefficient (Wildman–Crippen LogP) is 1.33. The number of rotatable bonds is 1. The molecule has 1 aliphatic heterocycles. The molecule has 0 fully saturated rings. The van der Waals surface area contributed by atoms with Crippen LogP contribution in [-0.2, 0) is 0 Å². The van der Waals surface area contributed by atoms with Crippen LogP contribution in [0.4, 0.5) is 0 Å². The van der Waals surface area contributed by atoms with E-state index in [0.717, 1.165) is 5.57 Å². The van der Waals surface area contributed by atoms with Crippen molar-refractivity contribution in [2.75, 3.05) is 0 Å². The van der Waals surface area contributed by atoms with E-state index in [0.29, 0.717) is 9.43 Å². The molecule has 6 heteroatoms. The Bertz CT molecular complexity index is 395. The Morgan fingerprint density at radius 2 is 2.31 bits per heavy atom. The number of hydrogen-bond acceptors (Lipinski definition) is 4. The summed E-state index contributed by atoms with van der Waals surface area (Å²) >= 11 is 2.01. The zero-order valence-electron chi connectivity index (χ0n) is 6.35. The quantitative estimate of drug-likeness (QED) is 0.415. The second-order valence-electron chi connectivity index (χ2n) is 2.57. The van der Waals surface area contributed by atoms with Crippen molar-refractivity contribution >= 4 is 32.0 Å². The van der Waals surface area contributed by atoms with E-state index in [-0.39, 0.29) is 4.92 Å². The molecule has 0 saturated heterocycles. The molecule has 0 spiro atoms. The average molecular weight is 289 g/mol. The summed E-state index contributed by atoms with van der Waals surface area (Å²) in [5.74, 6) is 0. The van der Waals surface area contributed by atoms with Gasteiger partial charge in [-0.05, 0) is 28.7 Å². The molecule has 13 heavy (non-hydrogen) atoms.